The van der Waals surface area contributed by atoms with Crippen molar-refractivity contribution in [1.29, 1.82) is 0 Å². The van der Waals surface area contributed by atoms with Gasteiger partial charge in [0.2, 0.25) is 0 Å². The number of benzene rings is 1. The van der Waals surface area contributed by atoms with E-state index in [1.54, 1.807) is 18.2 Å². The fraction of sp³-hybridized carbons (Fsp3) is 0.588. The first-order chi connectivity index (χ1) is 11.2. The second kappa shape index (κ2) is 9.05. The van der Waals surface area contributed by atoms with E-state index in [1.807, 2.05) is 19.0 Å². The second-order valence-electron chi connectivity index (χ2n) is 6.74. The molecule has 142 valence electrons. The van der Waals surface area contributed by atoms with E-state index in [1.165, 1.54) is 0 Å². The summed E-state index contributed by atoms with van der Waals surface area (Å²) >= 11 is 12.0. The van der Waals surface area contributed by atoms with Crippen LogP contribution in [0.5, 0.6) is 0 Å². The molecule has 0 saturated heterocycles. The van der Waals surface area contributed by atoms with Crippen LogP contribution in [0.25, 0.3) is 0 Å². The number of hydrogen-bond donors (Lipinski definition) is 0. The molecule has 25 heavy (non-hydrogen) atoms. The molecule has 0 aliphatic heterocycles. The van der Waals surface area contributed by atoms with Gasteiger partial charge in [0.1, 0.15) is 5.75 Å². The van der Waals surface area contributed by atoms with Crippen LogP contribution in [0.15, 0.2) is 18.2 Å². The van der Waals surface area contributed by atoms with Crippen molar-refractivity contribution < 1.29 is 13.2 Å². The molecule has 2 rings (SSSR count). The summed E-state index contributed by atoms with van der Waals surface area (Å²) < 4.78 is 24.5. The average molecular weight is 429 g/mol. The minimum atomic E-state index is -3.40. The first-order valence-corrected chi connectivity index (χ1v) is 10.6. The Kier molecular flexibility index (Phi) is 8.22. The minimum Gasteiger partial charge on any atom is -0.309 e. The van der Waals surface area contributed by atoms with E-state index in [4.69, 9.17) is 23.2 Å². The molecule has 1 aliphatic carbocycles. The van der Waals surface area contributed by atoms with Crippen molar-refractivity contribution in [3.63, 3.8) is 0 Å². The Hall–Kier alpha value is -0.330. The van der Waals surface area contributed by atoms with Gasteiger partial charge in [-0.25, -0.2) is 8.42 Å². The molecule has 0 spiro atoms. The van der Waals surface area contributed by atoms with E-state index in [0.717, 1.165) is 12.0 Å². The molecule has 1 aromatic carbocycles. The summed E-state index contributed by atoms with van der Waals surface area (Å²) in [7, 11) is 0.391. The van der Waals surface area contributed by atoms with Crippen LogP contribution in [0, 0.1) is 0 Å². The summed E-state index contributed by atoms with van der Waals surface area (Å²) in [5, 5.41) is 0.820. The third-order valence-electron chi connectivity index (χ3n) is 4.62. The number of hydrogen-bond acceptors (Lipinski definition) is 4. The smallest absolute Gasteiger partial charge is 0.158 e. The molecule has 0 atom stereocenters. The van der Waals surface area contributed by atoms with Gasteiger partial charge in [-0.3, -0.25) is 4.79 Å². The first kappa shape index (κ1) is 22.7. The minimum absolute atomic E-state index is 0. The number of rotatable bonds is 8. The lowest BCUT2D eigenvalue weighted by atomic mass is 9.62. The van der Waals surface area contributed by atoms with Crippen molar-refractivity contribution >= 4 is 51.2 Å². The van der Waals surface area contributed by atoms with Gasteiger partial charge in [-0.2, -0.15) is 0 Å². The van der Waals surface area contributed by atoms with Crippen LogP contribution >= 0.6 is 35.6 Å². The molecule has 0 bridgehead atoms. The Bertz CT molecular complexity index is 716. The lowest BCUT2D eigenvalue weighted by Crippen LogP contribution is -2.45. The highest BCUT2D eigenvalue weighted by Crippen LogP contribution is 2.46. The van der Waals surface area contributed by atoms with Crippen LogP contribution in [-0.4, -0.2) is 51.2 Å². The summed E-state index contributed by atoms with van der Waals surface area (Å²) in [6.07, 6.45) is 2.77. The van der Waals surface area contributed by atoms with E-state index in [9.17, 15) is 13.2 Å². The Morgan fingerprint density at radius 1 is 1.20 bits per heavy atom. The summed E-state index contributed by atoms with van der Waals surface area (Å²) in [4.78, 5) is 14.7. The van der Waals surface area contributed by atoms with E-state index in [-0.39, 0.29) is 23.9 Å². The molecule has 1 aromatic rings. The van der Waals surface area contributed by atoms with Gasteiger partial charge >= 0.3 is 0 Å². The fourth-order valence-electron chi connectivity index (χ4n) is 3.06. The molecular formula is C17H24Cl3NO3S. The highest BCUT2D eigenvalue weighted by atomic mass is 35.5. The zero-order valence-electron chi connectivity index (χ0n) is 14.4. The largest absolute Gasteiger partial charge is 0.309 e. The van der Waals surface area contributed by atoms with Crippen LogP contribution in [0.1, 0.15) is 31.2 Å². The van der Waals surface area contributed by atoms with Crippen molar-refractivity contribution in [2.24, 2.45) is 0 Å². The van der Waals surface area contributed by atoms with Gasteiger partial charge in [-0.1, -0.05) is 35.7 Å². The number of Topliss-reactive ketones (excluding diaryl/α,β-unsaturated/α-hetero) is 1. The highest BCUT2D eigenvalue weighted by molar-refractivity contribution is 7.92. The standard InChI is InChI=1S/C17H23Cl2NO3S.ClH/c1-20(2)9-4-10-24(22,23)12-16(21)17(7-3-8-17)13-5-6-14(18)15(19)11-13;/h5-6,11H,3-4,7-10,12H2,1-2H3;1H. The van der Waals surface area contributed by atoms with E-state index in [0.29, 0.717) is 35.9 Å². The Labute approximate surface area is 166 Å². The normalized spacial score (nSPS) is 16.2. The molecule has 1 saturated carbocycles. The van der Waals surface area contributed by atoms with Crippen LogP contribution in [0.2, 0.25) is 10.0 Å². The number of ketones is 1. The lowest BCUT2D eigenvalue weighted by Gasteiger charge is -2.41. The van der Waals surface area contributed by atoms with Crippen LogP contribution in [0.4, 0.5) is 0 Å². The number of sulfone groups is 1. The van der Waals surface area contributed by atoms with Gasteiger partial charge in [-0.15, -0.1) is 12.4 Å². The van der Waals surface area contributed by atoms with Gasteiger partial charge in [0.05, 0.1) is 21.2 Å². The van der Waals surface area contributed by atoms with E-state index >= 15 is 0 Å². The first-order valence-electron chi connectivity index (χ1n) is 8.00. The monoisotopic (exact) mass is 427 g/mol. The molecule has 1 aliphatic rings. The lowest BCUT2D eigenvalue weighted by molar-refractivity contribution is -0.125. The Morgan fingerprint density at radius 2 is 1.84 bits per heavy atom. The maximum Gasteiger partial charge on any atom is 0.158 e. The molecule has 0 radical (unpaired) electrons. The highest BCUT2D eigenvalue weighted by Gasteiger charge is 2.46. The molecule has 0 unspecified atom stereocenters. The maximum atomic E-state index is 12.8. The second-order valence-corrected chi connectivity index (χ2v) is 9.74. The zero-order valence-corrected chi connectivity index (χ0v) is 17.6. The Morgan fingerprint density at radius 3 is 2.32 bits per heavy atom. The predicted molar refractivity (Wildman–Crippen MR) is 106 cm³/mol. The molecule has 0 aromatic heterocycles. The molecular weight excluding hydrogens is 405 g/mol. The number of carbonyl (C=O) groups excluding carboxylic acids is 1. The summed E-state index contributed by atoms with van der Waals surface area (Å²) in [5.74, 6) is -0.591. The molecule has 4 nitrogen and oxygen atoms in total. The third kappa shape index (κ3) is 5.57. The quantitative estimate of drug-likeness (QED) is 0.632. The van der Waals surface area contributed by atoms with Crippen LogP contribution < -0.4 is 0 Å². The van der Waals surface area contributed by atoms with Crippen molar-refractivity contribution in [3.05, 3.63) is 33.8 Å². The number of nitrogens with zero attached hydrogens (tertiary/aromatic N) is 1. The van der Waals surface area contributed by atoms with Gasteiger partial charge in [0, 0.05) is 0 Å². The van der Waals surface area contributed by atoms with Gasteiger partial charge < -0.3 is 4.90 Å². The third-order valence-corrected chi connectivity index (χ3v) is 6.98. The van der Waals surface area contributed by atoms with E-state index in [2.05, 4.69) is 0 Å². The molecule has 0 N–H and O–H groups in total. The van der Waals surface area contributed by atoms with Crippen molar-refractivity contribution in [2.75, 3.05) is 32.1 Å². The number of halogens is 3. The topological polar surface area (TPSA) is 54.5 Å². The SMILES string of the molecule is CN(C)CCCS(=O)(=O)CC(=O)C1(c2ccc(Cl)c(Cl)c2)CCC1.Cl. The molecule has 8 heteroatoms. The molecule has 0 heterocycles. The summed E-state index contributed by atoms with van der Waals surface area (Å²) in [6, 6.07) is 5.14. The summed E-state index contributed by atoms with van der Waals surface area (Å²) in [6.45, 7) is 0.686. The van der Waals surface area contributed by atoms with Crippen LogP contribution in [0.3, 0.4) is 0 Å². The predicted octanol–water partition coefficient (Wildman–Crippen LogP) is 3.77. The van der Waals surface area contributed by atoms with Crippen molar-refractivity contribution in [2.45, 2.75) is 31.1 Å². The maximum absolute atomic E-state index is 12.8. The van der Waals surface area contributed by atoms with Crippen LogP contribution in [-0.2, 0) is 20.0 Å². The average Bonchev–Trinajstić information content (AvgIpc) is 2.40. The zero-order chi connectivity index (χ0) is 18.0. The van der Waals surface area contributed by atoms with Gasteiger partial charge in [0.25, 0.3) is 0 Å². The number of carbonyl (C=O) groups is 1. The van der Waals surface area contributed by atoms with Gasteiger partial charge in [0.15, 0.2) is 15.6 Å². The van der Waals surface area contributed by atoms with Crippen molar-refractivity contribution in [1.82, 2.24) is 4.90 Å². The van der Waals surface area contributed by atoms with Crippen molar-refractivity contribution in [3.8, 4) is 0 Å². The summed E-state index contributed by atoms with van der Waals surface area (Å²) in [5.41, 5.74) is 0.0553. The fourth-order valence-corrected chi connectivity index (χ4v) is 4.75. The Balaban J connectivity index is 0.00000312. The molecule has 0 amide bonds. The molecule has 1 fully saturated rings. The van der Waals surface area contributed by atoms with Gasteiger partial charge in [-0.05, 0) is 57.6 Å². The van der Waals surface area contributed by atoms with E-state index < -0.39 is 21.0 Å².